The second kappa shape index (κ2) is 3.30. The third kappa shape index (κ3) is 1.49. The highest BCUT2D eigenvalue weighted by molar-refractivity contribution is 5.30. The van der Waals surface area contributed by atoms with Crippen LogP contribution in [0, 0.1) is 0 Å². The van der Waals surface area contributed by atoms with E-state index in [9.17, 15) is 0 Å². The van der Waals surface area contributed by atoms with Crippen LogP contribution in [-0.4, -0.2) is 16.5 Å². The molecule has 4 N–H and O–H groups in total. The van der Waals surface area contributed by atoms with Gasteiger partial charge in [-0.3, -0.25) is 0 Å². The van der Waals surface area contributed by atoms with E-state index in [2.05, 4.69) is 9.97 Å². The molecule has 1 atom stereocenters. The molecule has 0 saturated heterocycles. The van der Waals surface area contributed by atoms with Crippen molar-refractivity contribution in [3.05, 3.63) is 17.5 Å². The fourth-order valence-corrected chi connectivity index (χ4v) is 1.90. The lowest BCUT2D eigenvalue weighted by Crippen LogP contribution is -2.20. The number of anilines is 1. The van der Waals surface area contributed by atoms with E-state index in [1.165, 1.54) is 5.56 Å². The molecule has 70 valence electrons. The number of hydrogen-bond acceptors (Lipinski definition) is 4. The van der Waals surface area contributed by atoms with Gasteiger partial charge in [0.15, 0.2) is 0 Å². The van der Waals surface area contributed by atoms with Gasteiger partial charge in [0, 0.05) is 11.9 Å². The average Bonchev–Trinajstić information content (AvgIpc) is 2.16. The third-order valence-corrected chi connectivity index (χ3v) is 2.61. The van der Waals surface area contributed by atoms with Crippen molar-refractivity contribution in [2.45, 2.75) is 25.2 Å². The molecule has 1 aromatic heterocycles. The van der Waals surface area contributed by atoms with Crippen molar-refractivity contribution in [3.8, 4) is 0 Å². The minimum atomic E-state index is 0.372. The Hall–Kier alpha value is -1.16. The summed E-state index contributed by atoms with van der Waals surface area (Å²) in [5, 5.41) is 0. The van der Waals surface area contributed by atoms with Crippen LogP contribution in [0.5, 0.6) is 0 Å². The molecule has 1 unspecified atom stereocenters. The summed E-state index contributed by atoms with van der Waals surface area (Å²) < 4.78 is 0. The van der Waals surface area contributed by atoms with E-state index in [0.717, 1.165) is 25.0 Å². The molecule has 1 heterocycles. The highest BCUT2D eigenvalue weighted by Gasteiger charge is 2.20. The molecule has 1 aliphatic carbocycles. The first kappa shape index (κ1) is 8.44. The van der Waals surface area contributed by atoms with E-state index in [0.29, 0.717) is 18.4 Å². The van der Waals surface area contributed by atoms with Crippen LogP contribution >= 0.6 is 0 Å². The van der Waals surface area contributed by atoms with Gasteiger partial charge in [-0.2, -0.15) is 0 Å². The number of aromatic nitrogens is 2. The Bertz CT molecular complexity index is 310. The van der Waals surface area contributed by atoms with Crippen molar-refractivity contribution in [1.29, 1.82) is 0 Å². The lowest BCUT2D eigenvalue weighted by atomic mass is 9.87. The Labute approximate surface area is 77.4 Å². The van der Waals surface area contributed by atoms with Crippen molar-refractivity contribution in [3.63, 3.8) is 0 Å². The number of hydrogen-bond donors (Lipinski definition) is 2. The summed E-state index contributed by atoms with van der Waals surface area (Å²) >= 11 is 0. The van der Waals surface area contributed by atoms with E-state index in [1.54, 1.807) is 0 Å². The van der Waals surface area contributed by atoms with E-state index in [4.69, 9.17) is 11.5 Å². The molecule has 13 heavy (non-hydrogen) atoms. The highest BCUT2D eigenvalue weighted by atomic mass is 15.0. The first-order valence-electron chi connectivity index (χ1n) is 4.62. The molecule has 0 amide bonds. The Morgan fingerprint density at radius 1 is 1.54 bits per heavy atom. The largest absolute Gasteiger partial charge is 0.368 e. The maximum absolute atomic E-state index is 5.67. The normalized spacial score (nSPS) is 21.2. The minimum absolute atomic E-state index is 0.372. The lowest BCUT2D eigenvalue weighted by molar-refractivity contribution is 0.548. The van der Waals surface area contributed by atoms with Gasteiger partial charge in [-0.1, -0.05) is 0 Å². The van der Waals surface area contributed by atoms with Crippen LogP contribution in [0.1, 0.15) is 30.0 Å². The molecule has 0 spiro atoms. The summed E-state index contributed by atoms with van der Waals surface area (Å²) in [6, 6.07) is 0. The SMILES string of the molecule is NCC1CCCc2nc(N)ncc21. The fraction of sp³-hybridized carbons (Fsp3) is 0.556. The van der Waals surface area contributed by atoms with Crippen molar-refractivity contribution < 1.29 is 0 Å². The molecule has 1 aromatic rings. The van der Waals surface area contributed by atoms with Crippen LogP contribution in [0.4, 0.5) is 5.95 Å². The van der Waals surface area contributed by atoms with Gasteiger partial charge in [-0.25, -0.2) is 9.97 Å². The monoisotopic (exact) mass is 178 g/mol. The Kier molecular flexibility index (Phi) is 2.14. The predicted octanol–water partition coefficient (Wildman–Crippen LogP) is 0.437. The van der Waals surface area contributed by atoms with Crippen LogP contribution in [0.25, 0.3) is 0 Å². The summed E-state index contributed by atoms with van der Waals surface area (Å²) in [5.41, 5.74) is 13.5. The fourth-order valence-electron chi connectivity index (χ4n) is 1.90. The molecule has 0 saturated carbocycles. The topological polar surface area (TPSA) is 77.8 Å². The van der Waals surface area contributed by atoms with E-state index < -0.39 is 0 Å². The van der Waals surface area contributed by atoms with Gasteiger partial charge in [0.05, 0.1) is 0 Å². The maximum Gasteiger partial charge on any atom is 0.220 e. The number of fused-ring (bicyclic) bond motifs is 1. The van der Waals surface area contributed by atoms with Gasteiger partial charge in [-0.15, -0.1) is 0 Å². The molecule has 0 bridgehead atoms. The zero-order valence-electron chi connectivity index (χ0n) is 7.53. The molecule has 1 aliphatic rings. The first-order chi connectivity index (χ1) is 6.31. The number of aryl methyl sites for hydroxylation is 1. The molecule has 2 rings (SSSR count). The minimum Gasteiger partial charge on any atom is -0.368 e. The van der Waals surface area contributed by atoms with Crippen molar-refractivity contribution in [2.24, 2.45) is 5.73 Å². The number of nitrogens with zero attached hydrogens (tertiary/aromatic N) is 2. The number of nitrogen functional groups attached to an aromatic ring is 1. The van der Waals surface area contributed by atoms with Crippen LogP contribution in [-0.2, 0) is 6.42 Å². The smallest absolute Gasteiger partial charge is 0.220 e. The summed E-state index contributed by atoms with van der Waals surface area (Å²) in [5.74, 6) is 0.806. The van der Waals surface area contributed by atoms with Crippen molar-refractivity contribution >= 4 is 5.95 Å². The Morgan fingerprint density at radius 2 is 2.38 bits per heavy atom. The molecule has 0 aliphatic heterocycles. The van der Waals surface area contributed by atoms with E-state index >= 15 is 0 Å². The van der Waals surface area contributed by atoms with Gasteiger partial charge < -0.3 is 11.5 Å². The number of nitrogens with two attached hydrogens (primary N) is 2. The molecule has 0 radical (unpaired) electrons. The number of rotatable bonds is 1. The molecule has 4 heteroatoms. The van der Waals surface area contributed by atoms with Gasteiger partial charge >= 0.3 is 0 Å². The maximum atomic E-state index is 5.67. The highest BCUT2D eigenvalue weighted by Crippen LogP contribution is 2.29. The van der Waals surface area contributed by atoms with Gasteiger partial charge in [0.2, 0.25) is 5.95 Å². The van der Waals surface area contributed by atoms with Crippen molar-refractivity contribution in [2.75, 3.05) is 12.3 Å². The molecular formula is C9H14N4. The van der Waals surface area contributed by atoms with Gasteiger partial charge in [0.25, 0.3) is 0 Å². The summed E-state index contributed by atoms with van der Waals surface area (Å²) in [6.45, 7) is 0.681. The van der Waals surface area contributed by atoms with Crippen LogP contribution < -0.4 is 11.5 Å². The Balaban J connectivity index is 2.40. The van der Waals surface area contributed by atoms with Crippen molar-refractivity contribution in [1.82, 2.24) is 9.97 Å². The second-order valence-corrected chi connectivity index (χ2v) is 3.46. The summed E-state index contributed by atoms with van der Waals surface area (Å²) in [4.78, 5) is 8.22. The molecule has 0 aromatic carbocycles. The Morgan fingerprint density at radius 3 is 3.15 bits per heavy atom. The third-order valence-electron chi connectivity index (χ3n) is 2.61. The van der Waals surface area contributed by atoms with Crippen LogP contribution in [0.2, 0.25) is 0 Å². The summed E-state index contributed by atoms with van der Waals surface area (Å²) in [6.07, 6.45) is 5.15. The quantitative estimate of drug-likeness (QED) is 0.654. The van der Waals surface area contributed by atoms with Gasteiger partial charge in [0.1, 0.15) is 0 Å². The van der Waals surface area contributed by atoms with E-state index in [1.807, 2.05) is 6.20 Å². The van der Waals surface area contributed by atoms with Crippen LogP contribution in [0.3, 0.4) is 0 Å². The van der Waals surface area contributed by atoms with Gasteiger partial charge in [-0.05, 0) is 37.3 Å². The second-order valence-electron chi connectivity index (χ2n) is 3.46. The molecule has 4 nitrogen and oxygen atoms in total. The zero-order chi connectivity index (χ0) is 9.26. The van der Waals surface area contributed by atoms with Crippen LogP contribution in [0.15, 0.2) is 6.20 Å². The lowest BCUT2D eigenvalue weighted by Gasteiger charge is -2.22. The first-order valence-corrected chi connectivity index (χ1v) is 4.62. The zero-order valence-corrected chi connectivity index (χ0v) is 7.53. The molecular weight excluding hydrogens is 164 g/mol. The average molecular weight is 178 g/mol. The standard InChI is InChI=1S/C9H14N4/c10-4-6-2-1-3-8-7(6)5-12-9(11)13-8/h5-6H,1-4,10H2,(H2,11,12,13). The molecule has 0 fully saturated rings. The van der Waals surface area contributed by atoms with E-state index in [-0.39, 0.29) is 0 Å². The predicted molar refractivity (Wildman–Crippen MR) is 51.2 cm³/mol. The summed E-state index contributed by atoms with van der Waals surface area (Å²) in [7, 11) is 0.